The molecule has 3 rings (SSSR count). The van der Waals surface area contributed by atoms with Crippen molar-refractivity contribution in [2.45, 2.75) is 0 Å². The maximum Gasteiger partial charge on any atom is 0.266 e. The van der Waals surface area contributed by atoms with Gasteiger partial charge in [0.15, 0.2) is 0 Å². The molecule has 0 unspecified atom stereocenters. The average Bonchev–Trinajstić information content (AvgIpc) is 3.15. The summed E-state index contributed by atoms with van der Waals surface area (Å²) in [6.45, 7) is 0. The summed E-state index contributed by atoms with van der Waals surface area (Å²) in [5.41, 5.74) is 2.27. The molecule has 0 saturated heterocycles. The Morgan fingerprint density at radius 3 is 2.48 bits per heavy atom. The Hall–Kier alpha value is -3.30. The minimum Gasteiger partial charge on any atom is -0.497 e. The van der Waals surface area contributed by atoms with Crippen LogP contribution in [0, 0.1) is 11.3 Å². The van der Waals surface area contributed by atoms with Crippen LogP contribution >= 0.6 is 15.9 Å². The monoisotopic (exact) mass is 421 g/mol. The van der Waals surface area contributed by atoms with Crippen molar-refractivity contribution < 1.29 is 9.53 Å². The molecule has 0 spiro atoms. The molecule has 0 aliphatic heterocycles. The second-order valence-corrected chi connectivity index (χ2v) is 6.55. The van der Waals surface area contributed by atoms with Gasteiger partial charge in [-0.25, -0.2) is 0 Å². The van der Waals surface area contributed by atoms with Gasteiger partial charge in [0.2, 0.25) is 0 Å². The molecular formula is C21H16BrN3O2. The third-order valence-corrected chi connectivity index (χ3v) is 4.42. The highest BCUT2D eigenvalue weighted by molar-refractivity contribution is 9.10. The first-order valence-corrected chi connectivity index (χ1v) is 8.90. The summed E-state index contributed by atoms with van der Waals surface area (Å²) in [7, 11) is 1.57. The summed E-state index contributed by atoms with van der Waals surface area (Å²) in [5, 5.41) is 12.2. The second kappa shape index (κ2) is 8.39. The molecule has 1 N–H and O–H groups in total. The number of rotatable bonds is 5. The fraction of sp³-hybridized carbons (Fsp3) is 0.0476. The van der Waals surface area contributed by atoms with E-state index in [0.29, 0.717) is 11.4 Å². The van der Waals surface area contributed by atoms with E-state index in [9.17, 15) is 10.1 Å². The lowest BCUT2D eigenvalue weighted by Crippen LogP contribution is -2.13. The molecule has 0 atom stereocenters. The quantitative estimate of drug-likeness (QED) is 0.475. The molecule has 3 aromatic rings. The Kier molecular flexibility index (Phi) is 5.74. The van der Waals surface area contributed by atoms with E-state index in [-0.39, 0.29) is 5.57 Å². The number of benzene rings is 2. The summed E-state index contributed by atoms with van der Waals surface area (Å²) >= 11 is 3.41. The number of aromatic nitrogens is 1. The summed E-state index contributed by atoms with van der Waals surface area (Å²) < 4.78 is 7.98. The Balaban J connectivity index is 1.84. The fourth-order valence-corrected chi connectivity index (χ4v) is 2.78. The van der Waals surface area contributed by atoms with Gasteiger partial charge in [-0.2, -0.15) is 5.26 Å². The van der Waals surface area contributed by atoms with E-state index < -0.39 is 5.91 Å². The highest BCUT2D eigenvalue weighted by Gasteiger charge is 2.11. The summed E-state index contributed by atoms with van der Waals surface area (Å²) in [6, 6.07) is 20.4. The smallest absolute Gasteiger partial charge is 0.266 e. The van der Waals surface area contributed by atoms with Gasteiger partial charge in [-0.05, 0) is 66.7 Å². The number of hydrogen-bond acceptors (Lipinski definition) is 3. The predicted octanol–water partition coefficient (Wildman–Crippen LogP) is 4.79. The van der Waals surface area contributed by atoms with Crippen LogP contribution in [0.25, 0.3) is 11.8 Å². The van der Waals surface area contributed by atoms with Crippen LogP contribution in [0.4, 0.5) is 5.69 Å². The van der Waals surface area contributed by atoms with E-state index in [1.807, 2.05) is 53.2 Å². The van der Waals surface area contributed by atoms with Crippen LogP contribution in [-0.4, -0.2) is 17.6 Å². The van der Waals surface area contributed by atoms with Crippen LogP contribution in [-0.2, 0) is 4.79 Å². The van der Waals surface area contributed by atoms with Crippen LogP contribution in [0.1, 0.15) is 5.69 Å². The molecule has 1 heterocycles. The summed E-state index contributed by atoms with van der Waals surface area (Å²) in [6.07, 6.45) is 3.45. The maximum atomic E-state index is 12.5. The average molecular weight is 422 g/mol. The number of amides is 1. The van der Waals surface area contributed by atoms with Gasteiger partial charge in [0.1, 0.15) is 17.4 Å². The molecule has 1 aromatic heterocycles. The Morgan fingerprint density at radius 1 is 1.15 bits per heavy atom. The van der Waals surface area contributed by atoms with E-state index in [0.717, 1.165) is 15.9 Å². The normalized spacial score (nSPS) is 10.9. The van der Waals surface area contributed by atoms with E-state index >= 15 is 0 Å². The van der Waals surface area contributed by atoms with Gasteiger partial charge >= 0.3 is 0 Å². The first-order valence-electron chi connectivity index (χ1n) is 8.11. The number of halogens is 1. The standard InChI is InChI=1S/C21H16BrN3O2/c1-27-20-10-6-17(7-11-20)24-21(26)15(14-23)13-19-3-2-12-25(19)18-8-4-16(22)5-9-18/h2-13H,1H3,(H,24,26)/b15-13-. The SMILES string of the molecule is COc1ccc(NC(=O)/C(C#N)=C\c2cccn2-c2ccc(Br)cc2)cc1. The summed E-state index contributed by atoms with van der Waals surface area (Å²) in [4.78, 5) is 12.5. The molecule has 5 nitrogen and oxygen atoms in total. The zero-order valence-electron chi connectivity index (χ0n) is 14.5. The van der Waals surface area contributed by atoms with Crippen LogP contribution < -0.4 is 10.1 Å². The van der Waals surface area contributed by atoms with Gasteiger partial charge in [0.25, 0.3) is 5.91 Å². The Morgan fingerprint density at radius 2 is 1.85 bits per heavy atom. The van der Waals surface area contributed by atoms with Gasteiger partial charge in [-0.1, -0.05) is 15.9 Å². The van der Waals surface area contributed by atoms with Gasteiger partial charge in [-0.3, -0.25) is 4.79 Å². The van der Waals surface area contributed by atoms with Crippen molar-refractivity contribution in [2.24, 2.45) is 0 Å². The lowest BCUT2D eigenvalue weighted by molar-refractivity contribution is -0.112. The largest absolute Gasteiger partial charge is 0.497 e. The number of nitrogens with zero attached hydrogens (tertiary/aromatic N) is 2. The third kappa shape index (κ3) is 4.46. The maximum absolute atomic E-state index is 12.5. The molecule has 0 aliphatic carbocycles. The van der Waals surface area contributed by atoms with Crippen molar-refractivity contribution in [1.82, 2.24) is 4.57 Å². The lowest BCUT2D eigenvalue weighted by atomic mass is 10.2. The van der Waals surface area contributed by atoms with Gasteiger partial charge < -0.3 is 14.6 Å². The first-order chi connectivity index (χ1) is 13.1. The molecule has 134 valence electrons. The van der Waals surface area contributed by atoms with Gasteiger partial charge in [0.05, 0.1) is 7.11 Å². The highest BCUT2D eigenvalue weighted by atomic mass is 79.9. The number of methoxy groups -OCH3 is 1. The van der Waals surface area contributed by atoms with E-state index in [2.05, 4.69) is 21.2 Å². The van der Waals surface area contributed by atoms with Crippen LogP contribution in [0.5, 0.6) is 5.75 Å². The third-order valence-electron chi connectivity index (χ3n) is 3.89. The zero-order chi connectivity index (χ0) is 19.2. The highest BCUT2D eigenvalue weighted by Crippen LogP contribution is 2.19. The minimum absolute atomic E-state index is 0.0166. The zero-order valence-corrected chi connectivity index (χ0v) is 16.1. The van der Waals surface area contributed by atoms with E-state index in [4.69, 9.17) is 4.74 Å². The second-order valence-electron chi connectivity index (χ2n) is 5.63. The first kappa shape index (κ1) is 18.5. The summed E-state index contributed by atoms with van der Waals surface area (Å²) in [5.74, 6) is 0.225. The number of hydrogen-bond donors (Lipinski definition) is 1. The molecule has 0 radical (unpaired) electrons. The molecule has 1 amide bonds. The minimum atomic E-state index is -0.466. The fourth-order valence-electron chi connectivity index (χ4n) is 2.52. The molecule has 0 saturated carbocycles. The number of ether oxygens (including phenoxy) is 1. The number of nitrogens with one attached hydrogen (secondary N) is 1. The molecule has 0 bridgehead atoms. The number of anilines is 1. The van der Waals surface area contributed by atoms with Gasteiger partial charge in [-0.15, -0.1) is 0 Å². The number of carbonyl (C=O) groups is 1. The van der Waals surface area contributed by atoms with Crippen LogP contribution in [0.15, 0.2) is 76.9 Å². The molecule has 6 heteroatoms. The Bertz CT molecular complexity index is 1010. The molecule has 27 heavy (non-hydrogen) atoms. The number of nitriles is 1. The molecule has 2 aromatic carbocycles. The van der Waals surface area contributed by atoms with Crippen molar-refractivity contribution in [2.75, 3.05) is 12.4 Å². The van der Waals surface area contributed by atoms with Crippen LogP contribution in [0.2, 0.25) is 0 Å². The topological polar surface area (TPSA) is 67.0 Å². The Labute approximate surface area is 165 Å². The van der Waals surface area contributed by atoms with Crippen molar-refractivity contribution in [3.8, 4) is 17.5 Å². The van der Waals surface area contributed by atoms with Crippen molar-refractivity contribution in [3.63, 3.8) is 0 Å². The molecule has 0 aliphatic rings. The van der Waals surface area contributed by atoms with Gasteiger partial charge in [0, 0.05) is 27.7 Å². The van der Waals surface area contributed by atoms with Crippen molar-refractivity contribution in [1.29, 1.82) is 5.26 Å². The number of carbonyl (C=O) groups excluding carboxylic acids is 1. The molecular weight excluding hydrogens is 406 g/mol. The van der Waals surface area contributed by atoms with E-state index in [1.165, 1.54) is 0 Å². The lowest BCUT2D eigenvalue weighted by Gasteiger charge is -2.08. The predicted molar refractivity (Wildman–Crippen MR) is 109 cm³/mol. The van der Waals surface area contributed by atoms with Crippen molar-refractivity contribution >= 4 is 33.6 Å². The molecule has 0 fully saturated rings. The van der Waals surface area contributed by atoms with Crippen molar-refractivity contribution in [3.05, 3.63) is 82.6 Å². The van der Waals surface area contributed by atoms with E-state index in [1.54, 1.807) is 37.5 Å². The van der Waals surface area contributed by atoms with Crippen LogP contribution in [0.3, 0.4) is 0 Å².